The standard InChI is InChI=1S/C28H24N4O2/c33-27(15-10-21-6-11-24(12-7-21)31-18-2-16-29-31)26-5-1-4-23(28(26)34)20-22-8-13-25(14-9-22)32-19-3-17-30-32/h2-3,6-20,26H,1,4-5H2. The molecule has 6 nitrogen and oxygen atoms in total. The van der Waals surface area contributed by atoms with Gasteiger partial charge in [0.05, 0.1) is 17.3 Å². The summed E-state index contributed by atoms with van der Waals surface area (Å²) in [6.45, 7) is 0. The summed E-state index contributed by atoms with van der Waals surface area (Å²) in [6, 6.07) is 19.4. The van der Waals surface area contributed by atoms with Gasteiger partial charge in [0, 0.05) is 24.8 Å². The molecule has 0 aliphatic heterocycles. The van der Waals surface area contributed by atoms with E-state index >= 15 is 0 Å². The Kier molecular flexibility index (Phi) is 6.12. The number of carbonyl (C=O) groups excluding carboxylic acids is 2. The number of Topliss-reactive ketones (excluding diaryl/α,β-unsaturated/α-hetero) is 1. The van der Waals surface area contributed by atoms with Gasteiger partial charge >= 0.3 is 0 Å². The lowest BCUT2D eigenvalue weighted by Crippen LogP contribution is -2.27. The van der Waals surface area contributed by atoms with Crippen molar-refractivity contribution in [2.75, 3.05) is 0 Å². The molecule has 1 aliphatic rings. The topological polar surface area (TPSA) is 69.8 Å². The Bertz CT molecular complexity index is 1330. The van der Waals surface area contributed by atoms with Crippen LogP contribution in [0.5, 0.6) is 0 Å². The van der Waals surface area contributed by atoms with Crippen LogP contribution in [0.1, 0.15) is 30.4 Å². The minimum atomic E-state index is -0.608. The number of benzene rings is 2. The van der Waals surface area contributed by atoms with Crippen molar-refractivity contribution in [3.63, 3.8) is 0 Å². The summed E-state index contributed by atoms with van der Waals surface area (Å²) >= 11 is 0. The zero-order chi connectivity index (χ0) is 23.3. The van der Waals surface area contributed by atoms with Crippen molar-refractivity contribution >= 4 is 23.7 Å². The SMILES string of the molecule is O=C(C=Cc1ccc(-n2cccn2)cc1)C1CCCC(=Cc2ccc(-n3cccn3)cc2)C1=O. The van der Waals surface area contributed by atoms with Gasteiger partial charge in [0.15, 0.2) is 11.6 Å². The molecule has 0 N–H and O–H groups in total. The first-order valence-corrected chi connectivity index (χ1v) is 11.3. The van der Waals surface area contributed by atoms with Gasteiger partial charge in [-0.25, -0.2) is 9.36 Å². The Morgan fingerprint density at radius 2 is 1.44 bits per heavy atom. The predicted molar refractivity (Wildman–Crippen MR) is 131 cm³/mol. The molecule has 1 fully saturated rings. The second-order valence-electron chi connectivity index (χ2n) is 8.30. The quantitative estimate of drug-likeness (QED) is 0.304. The van der Waals surface area contributed by atoms with Crippen LogP contribution >= 0.6 is 0 Å². The van der Waals surface area contributed by atoms with E-state index in [1.807, 2.05) is 79.1 Å². The number of allylic oxidation sites excluding steroid dienone is 2. The molecule has 2 aromatic heterocycles. The third-order valence-corrected chi connectivity index (χ3v) is 6.02. The molecule has 168 valence electrons. The van der Waals surface area contributed by atoms with E-state index in [2.05, 4.69) is 10.2 Å². The monoisotopic (exact) mass is 448 g/mol. The van der Waals surface area contributed by atoms with Gasteiger partial charge in [-0.1, -0.05) is 30.3 Å². The van der Waals surface area contributed by atoms with Gasteiger partial charge in [-0.05, 0) is 84.5 Å². The number of nitrogens with zero attached hydrogens (tertiary/aromatic N) is 4. The van der Waals surface area contributed by atoms with E-state index in [0.717, 1.165) is 28.9 Å². The molecule has 0 saturated heterocycles. The highest BCUT2D eigenvalue weighted by atomic mass is 16.1. The summed E-state index contributed by atoms with van der Waals surface area (Å²) in [5.74, 6) is -0.810. The summed E-state index contributed by atoms with van der Waals surface area (Å²) in [5.41, 5.74) is 4.47. The van der Waals surface area contributed by atoms with Gasteiger partial charge in [-0.3, -0.25) is 9.59 Å². The van der Waals surface area contributed by atoms with Gasteiger partial charge in [0.2, 0.25) is 0 Å². The van der Waals surface area contributed by atoms with Crippen LogP contribution in [0, 0.1) is 5.92 Å². The Hall–Kier alpha value is -4.32. The Balaban J connectivity index is 1.26. The Labute approximate surface area is 197 Å². The van der Waals surface area contributed by atoms with Crippen LogP contribution in [0.2, 0.25) is 0 Å². The van der Waals surface area contributed by atoms with E-state index in [1.165, 1.54) is 6.08 Å². The van der Waals surface area contributed by atoms with Gasteiger partial charge in [0.25, 0.3) is 0 Å². The van der Waals surface area contributed by atoms with Gasteiger partial charge < -0.3 is 0 Å². The predicted octanol–water partition coefficient (Wildman–Crippen LogP) is 5.09. The Morgan fingerprint density at radius 1 is 0.853 bits per heavy atom. The Morgan fingerprint density at radius 3 is 2.00 bits per heavy atom. The fourth-order valence-corrected chi connectivity index (χ4v) is 4.19. The van der Waals surface area contributed by atoms with Crippen molar-refractivity contribution in [3.05, 3.63) is 108 Å². The van der Waals surface area contributed by atoms with Crippen molar-refractivity contribution in [2.24, 2.45) is 5.92 Å². The summed E-state index contributed by atoms with van der Waals surface area (Å²) in [6.07, 6.45) is 14.6. The molecule has 0 bridgehead atoms. The lowest BCUT2D eigenvalue weighted by molar-refractivity contribution is -0.129. The van der Waals surface area contributed by atoms with Gasteiger partial charge in [-0.15, -0.1) is 0 Å². The molecule has 0 amide bonds. The van der Waals surface area contributed by atoms with Crippen molar-refractivity contribution in [2.45, 2.75) is 19.3 Å². The number of rotatable bonds is 6. The maximum atomic E-state index is 13.1. The van der Waals surface area contributed by atoms with Crippen LogP contribution in [-0.2, 0) is 9.59 Å². The van der Waals surface area contributed by atoms with Gasteiger partial charge in [-0.2, -0.15) is 10.2 Å². The smallest absolute Gasteiger partial charge is 0.169 e. The highest BCUT2D eigenvalue weighted by molar-refractivity contribution is 6.16. The molecule has 0 spiro atoms. The number of hydrogen-bond acceptors (Lipinski definition) is 4. The molecule has 34 heavy (non-hydrogen) atoms. The first-order chi connectivity index (χ1) is 16.7. The number of hydrogen-bond donors (Lipinski definition) is 0. The first kappa shape index (κ1) is 21.5. The van der Waals surface area contributed by atoms with E-state index in [1.54, 1.807) is 27.8 Å². The summed E-state index contributed by atoms with van der Waals surface area (Å²) in [4.78, 5) is 25.9. The van der Waals surface area contributed by atoms with Crippen molar-refractivity contribution < 1.29 is 9.59 Å². The first-order valence-electron chi connectivity index (χ1n) is 11.3. The van der Waals surface area contributed by atoms with E-state index in [0.29, 0.717) is 18.4 Å². The molecule has 4 aromatic rings. The zero-order valence-corrected chi connectivity index (χ0v) is 18.6. The molecular formula is C28H24N4O2. The van der Waals surface area contributed by atoms with E-state index < -0.39 is 5.92 Å². The maximum absolute atomic E-state index is 13.1. The van der Waals surface area contributed by atoms with Gasteiger partial charge in [0.1, 0.15) is 0 Å². The third kappa shape index (κ3) is 4.71. The molecule has 0 radical (unpaired) electrons. The molecule has 1 aliphatic carbocycles. The largest absolute Gasteiger partial charge is 0.294 e. The van der Waals surface area contributed by atoms with Crippen LogP contribution in [0.25, 0.3) is 23.5 Å². The second-order valence-corrected chi connectivity index (χ2v) is 8.30. The maximum Gasteiger partial charge on any atom is 0.169 e. The summed E-state index contributed by atoms with van der Waals surface area (Å²) < 4.78 is 3.56. The highest BCUT2D eigenvalue weighted by Crippen LogP contribution is 2.28. The van der Waals surface area contributed by atoms with Crippen LogP contribution in [0.3, 0.4) is 0 Å². The van der Waals surface area contributed by atoms with Crippen molar-refractivity contribution in [3.8, 4) is 11.4 Å². The lowest BCUT2D eigenvalue weighted by atomic mass is 9.81. The highest BCUT2D eigenvalue weighted by Gasteiger charge is 2.30. The number of carbonyl (C=O) groups is 2. The zero-order valence-electron chi connectivity index (χ0n) is 18.6. The third-order valence-electron chi connectivity index (χ3n) is 6.02. The minimum Gasteiger partial charge on any atom is -0.294 e. The molecule has 1 saturated carbocycles. The van der Waals surface area contributed by atoms with Crippen LogP contribution in [0.4, 0.5) is 0 Å². The minimum absolute atomic E-state index is 0.0638. The van der Waals surface area contributed by atoms with Crippen molar-refractivity contribution in [1.29, 1.82) is 0 Å². The molecule has 2 heterocycles. The molecule has 1 unspecified atom stereocenters. The van der Waals surface area contributed by atoms with E-state index in [-0.39, 0.29) is 11.6 Å². The van der Waals surface area contributed by atoms with Crippen LogP contribution in [-0.4, -0.2) is 31.1 Å². The molecule has 5 rings (SSSR count). The average molecular weight is 449 g/mol. The van der Waals surface area contributed by atoms with Crippen LogP contribution < -0.4 is 0 Å². The van der Waals surface area contributed by atoms with Crippen molar-refractivity contribution in [1.82, 2.24) is 19.6 Å². The average Bonchev–Trinajstić information content (AvgIpc) is 3.60. The summed E-state index contributed by atoms with van der Waals surface area (Å²) in [7, 11) is 0. The number of aromatic nitrogens is 4. The fourth-order valence-electron chi connectivity index (χ4n) is 4.19. The van der Waals surface area contributed by atoms with E-state index in [9.17, 15) is 9.59 Å². The number of ketones is 2. The lowest BCUT2D eigenvalue weighted by Gasteiger charge is -2.21. The molecule has 6 heteroatoms. The second kappa shape index (κ2) is 9.67. The fraction of sp³-hybridized carbons (Fsp3) is 0.143. The molecular weight excluding hydrogens is 424 g/mol. The molecule has 2 aromatic carbocycles. The summed E-state index contributed by atoms with van der Waals surface area (Å²) in [5, 5.41) is 8.44. The molecule has 1 atom stereocenters. The van der Waals surface area contributed by atoms with Crippen LogP contribution in [0.15, 0.2) is 97.1 Å². The normalized spacial score (nSPS) is 17.5. The van der Waals surface area contributed by atoms with E-state index in [4.69, 9.17) is 0 Å².